The maximum Gasteiger partial charge on any atom is 0.327 e. The molecule has 0 radical (unpaired) electrons. The van der Waals surface area contributed by atoms with Crippen molar-refractivity contribution in [3.05, 3.63) is 0 Å². The number of carboxylic acids is 1. The molecule has 3 N–H and O–H groups in total. The zero-order valence-corrected chi connectivity index (χ0v) is 9.68. The highest BCUT2D eigenvalue weighted by molar-refractivity contribution is 7.89. The van der Waals surface area contributed by atoms with Crippen molar-refractivity contribution in [2.24, 2.45) is 5.14 Å². The first-order chi connectivity index (χ1) is 7.77. The number of nitrogens with zero attached hydrogens (tertiary/aromatic N) is 1. The molecule has 0 spiro atoms. The Morgan fingerprint density at radius 3 is 2.65 bits per heavy atom. The molecule has 0 aliphatic carbocycles. The van der Waals surface area contributed by atoms with Crippen LogP contribution in [-0.2, 0) is 19.6 Å². The number of carbonyl (C=O) groups is 2. The van der Waals surface area contributed by atoms with Gasteiger partial charge in [0.1, 0.15) is 11.3 Å². The van der Waals surface area contributed by atoms with Crippen LogP contribution >= 0.6 is 0 Å². The van der Waals surface area contributed by atoms with Crippen LogP contribution in [0.4, 0.5) is 0 Å². The number of hydrogen-bond acceptors (Lipinski definition) is 4. The fourth-order valence-corrected chi connectivity index (χ4v) is 2.40. The zero-order valence-electron chi connectivity index (χ0n) is 8.87. The molecule has 8 heteroatoms. The fourth-order valence-electron chi connectivity index (χ4n) is 1.66. The van der Waals surface area contributed by atoms with Crippen molar-refractivity contribution in [2.75, 3.05) is 6.54 Å². The average molecular weight is 260 g/mol. The van der Waals surface area contributed by atoms with Crippen molar-refractivity contribution in [1.29, 1.82) is 0 Å². The summed E-state index contributed by atoms with van der Waals surface area (Å²) in [5.74, 6) is 0.323. The molecule has 0 saturated carbocycles. The molecule has 94 valence electrons. The third-order valence-corrected chi connectivity index (χ3v) is 3.81. The van der Waals surface area contributed by atoms with Crippen molar-refractivity contribution in [2.45, 2.75) is 24.1 Å². The Labute approximate surface area is 98.6 Å². The molecule has 2 atom stereocenters. The van der Waals surface area contributed by atoms with Crippen LogP contribution in [0.15, 0.2) is 0 Å². The summed E-state index contributed by atoms with van der Waals surface area (Å²) in [6.07, 6.45) is 4.54. The van der Waals surface area contributed by atoms with E-state index in [1.54, 1.807) is 0 Å². The summed E-state index contributed by atoms with van der Waals surface area (Å²) in [6.45, 7) is -0.226. The normalized spacial score (nSPS) is 22.2. The van der Waals surface area contributed by atoms with Crippen molar-refractivity contribution < 1.29 is 23.1 Å². The summed E-state index contributed by atoms with van der Waals surface area (Å²) in [4.78, 5) is 23.4. The van der Waals surface area contributed by atoms with Gasteiger partial charge in [-0.3, -0.25) is 4.79 Å². The monoisotopic (exact) mass is 260 g/mol. The number of rotatable bonds is 4. The number of aliphatic carboxylic acids is 1. The molecule has 1 amide bonds. The van der Waals surface area contributed by atoms with Crippen LogP contribution in [0.25, 0.3) is 0 Å². The highest BCUT2D eigenvalue weighted by atomic mass is 32.2. The molecule has 1 fully saturated rings. The van der Waals surface area contributed by atoms with Gasteiger partial charge in [0.25, 0.3) is 0 Å². The smallest absolute Gasteiger partial charge is 0.327 e. The van der Waals surface area contributed by atoms with E-state index in [4.69, 9.17) is 16.7 Å². The molecule has 0 aromatic rings. The number of nitrogens with two attached hydrogens (primary N) is 1. The van der Waals surface area contributed by atoms with Gasteiger partial charge in [0.2, 0.25) is 15.9 Å². The molecular weight excluding hydrogens is 248 g/mol. The van der Waals surface area contributed by atoms with E-state index < -0.39 is 33.2 Å². The van der Waals surface area contributed by atoms with Crippen LogP contribution in [-0.4, -0.2) is 48.1 Å². The molecule has 2 unspecified atom stereocenters. The van der Waals surface area contributed by atoms with E-state index in [2.05, 4.69) is 5.92 Å². The number of carbonyl (C=O) groups excluding carboxylic acids is 1. The van der Waals surface area contributed by atoms with E-state index in [0.717, 1.165) is 4.90 Å². The quantitative estimate of drug-likeness (QED) is 0.587. The lowest BCUT2D eigenvalue weighted by Gasteiger charge is -2.22. The second-order valence-corrected chi connectivity index (χ2v) is 5.57. The van der Waals surface area contributed by atoms with Gasteiger partial charge < -0.3 is 10.0 Å². The number of carboxylic acid groups (broad SMARTS) is 1. The number of hydrogen-bond donors (Lipinski definition) is 2. The van der Waals surface area contributed by atoms with Crippen LogP contribution in [0, 0.1) is 12.3 Å². The molecule has 1 aliphatic heterocycles. The first kappa shape index (κ1) is 13.5. The predicted molar refractivity (Wildman–Crippen MR) is 58.1 cm³/mol. The van der Waals surface area contributed by atoms with E-state index in [9.17, 15) is 18.0 Å². The van der Waals surface area contributed by atoms with Crippen LogP contribution in [0.5, 0.6) is 0 Å². The molecule has 0 aromatic carbocycles. The molecule has 1 saturated heterocycles. The van der Waals surface area contributed by atoms with Gasteiger partial charge in [0.15, 0.2) is 0 Å². The van der Waals surface area contributed by atoms with Crippen molar-refractivity contribution in [3.63, 3.8) is 0 Å². The van der Waals surface area contributed by atoms with E-state index in [1.165, 1.54) is 0 Å². The maximum atomic E-state index is 11.5. The number of primary sulfonamides is 1. The third kappa shape index (κ3) is 2.95. The van der Waals surface area contributed by atoms with Gasteiger partial charge in [0, 0.05) is 19.4 Å². The van der Waals surface area contributed by atoms with Gasteiger partial charge >= 0.3 is 5.97 Å². The van der Waals surface area contributed by atoms with Gasteiger partial charge in [0.05, 0.1) is 0 Å². The number of terminal acetylenes is 1. The van der Waals surface area contributed by atoms with Crippen molar-refractivity contribution >= 4 is 21.9 Å². The summed E-state index contributed by atoms with van der Waals surface area (Å²) in [7, 11) is -3.85. The van der Waals surface area contributed by atoms with Gasteiger partial charge in [-0.15, -0.1) is 12.3 Å². The Kier molecular flexibility index (Phi) is 3.75. The van der Waals surface area contributed by atoms with Crippen LogP contribution in [0.1, 0.15) is 12.8 Å². The minimum atomic E-state index is -3.85. The van der Waals surface area contributed by atoms with E-state index in [-0.39, 0.29) is 19.4 Å². The average Bonchev–Trinajstić information content (AvgIpc) is 2.55. The Morgan fingerprint density at radius 1 is 1.71 bits per heavy atom. The molecule has 7 nitrogen and oxygen atoms in total. The predicted octanol–water partition coefficient (Wildman–Crippen LogP) is -1.65. The van der Waals surface area contributed by atoms with Gasteiger partial charge in [-0.05, 0) is 0 Å². The number of amides is 1. The lowest BCUT2D eigenvalue weighted by molar-refractivity contribution is -0.148. The maximum absolute atomic E-state index is 11.5. The van der Waals surface area contributed by atoms with E-state index in [1.807, 2.05) is 0 Å². The summed E-state index contributed by atoms with van der Waals surface area (Å²) in [6, 6.07) is -1.20. The molecule has 0 bridgehead atoms. The fraction of sp³-hybridized carbons (Fsp3) is 0.556. The third-order valence-electron chi connectivity index (χ3n) is 2.56. The largest absolute Gasteiger partial charge is 0.480 e. The SMILES string of the molecule is C#CCC(C(=O)O)N1CC(S(N)(=O)=O)CC1=O. The first-order valence-corrected chi connectivity index (χ1v) is 6.35. The van der Waals surface area contributed by atoms with Crippen molar-refractivity contribution in [3.8, 4) is 12.3 Å². The molecular formula is C9H12N2O5S. The molecule has 17 heavy (non-hydrogen) atoms. The summed E-state index contributed by atoms with van der Waals surface area (Å²) in [5, 5.41) is 12.8. The zero-order chi connectivity index (χ0) is 13.2. The van der Waals surface area contributed by atoms with E-state index >= 15 is 0 Å². The minimum absolute atomic E-state index is 0.168. The molecule has 1 heterocycles. The lowest BCUT2D eigenvalue weighted by atomic mass is 10.2. The summed E-state index contributed by atoms with van der Waals surface area (Å²) in [5.41, 5.74) is 0. The second kappa shape index (κ2) is 4.73. The first-order valence-electron chi connectivity index (χ1n) is 4.74. The Morgan fingerprint density at radius 2 is 2.29 bits per heavy atom. The van der Waals surface area contributed by atoms with Crippen molar-refractivity contribution in [1.82, 2.24) is 4.90 Å². The minimum Gasteiger partial charge on any atom is -0.480 e. The highest BCUT2D eigenvalue weighted by Crippen LogP contribution is 2.20. The van der Waals surface area contributed by atoms with Crippen LogP contribution in [0.3, 0.4) is 0 Å². The van der Waals surface area contributed by atoms with Crippen LogP contribution < -0.4 is 5.14 Å². The molecule has 1 rings (SSSR count). The van der Waals surface area contributed by atoms with Gasteiger partial charge in [-0.25, -0.2) is 18.4 Å². The number of sulfonamides is 1. The summed E-state index contributed by atoms with van der Waals surface area (Å²) < 4.78 is 22.2. The Balaban J connectivity index is 2.90. The second-order valence-electron chi connectivity index (χ2n) is 3.72. The topological polar surface area (TPSA) is 118 Å². The lowest BCUT2D eigenvalue weighted by Crippen LogP contribution is -2.43. The molecule has 0 aromatic heterocycles. The Hall–Kier alpha value is -1.59. The Bertz CT molecular complexity index is 478. The highest BCUT2D eigenvalue weighted by Gasteiger charge is 2.41. The number of likely N-dealkylation sites (tertiary alicyclic amines) is 1. The van der Waals surface area contributed by atoms with Gasteiger partial charge in [-0.2, -0.15) is 0 Å². The van der Waals surface area contributed by atoms with Crippen LogP contribution in [0.2, 0.25) is 0 Å². The van der Waals surface area contributed by atoms with E-state index in [0.29, 0.717) is 0 Å². The molecule has 1 aliphatic rings. The standard InChI is InChI=1S/C9H12N2O5S/c1-2-3-7(9(13)14)11-5-6(4-8(11)12)17(10,15)16/h1,6-7H,3-5H2,(H,13,14)(H2,10,15,16). The van der Waals surface area contributed by atoms with Gasteiger partial charge in [-0.1, -0.05) is 0 Å². The summed E-state index contributed by atoms with van der Waals surface area (Å²) >= 11 is 0.